The monoisotopic (exact) mass is 270 g/mol. The Labute approximate surface area is 115 Å². The quantitative estimate of drug-likeness (QED) is 0.775. The molecular weight excluding hydrogens is 260 g/mol. The molecular formula is C14H11ClN4. The van der Waals surface area contributed by atoms with Crippen molar-refractivity contribution in [3.05, 3.63) is 53.7 Å². The molecule has 0 fully saturated rings. The zero-order chi connectivity index (χ0) is 13.2. The second-order valence-corrected chi connectivity index (χ2v) is 4.56. The summed E-state index contributed by atoms with van der Waals surface area (Å²) in [5.41, 5.74) is 2.71. The van der Waals surface area contributed by atoms with E-state index in [9.17, 15) is 0 Å². The first-order valence-corrected chi connectivity index (χ1v) is 6.21. The van der Waals surface area contributed by atoms with Gasteiger partial charge >= 0.3 is 0 Å². The molecule has 0 aliphatic carbocycles. The minimum Gasteiger partial charge on any atom is -0.345 e. The molecule has 0 aliphatic heterocycles. The van der Waals surface area contributed by atoms with Crippen LogP contribution in [0.3, 0.4) is 0 Å². The van der Waals surface area contributed by atoms with Gasteiger partial charge in [0, 0.05) is 29.2 Å². The number of rotatable bonds is 2. The molecule has 3 rings (SSSR count). The minimum atomic E-state index is 0.703. The van der Waals surface area contributed by atoms with Crippen LogP contribution in [0.1, 0.15) is 5.82 Å². The number of hydrogen-bond donors (Lipinski definition) is 1. The fraction of sp³-hybridized carbons (Fsp3) is 0.0714. The maximum Gasteiger partial charge on any atom is 0.141 e. The third-order valence-electron chi connectivity index (χ3n) is 2.78. The highest BCUT2D eigenvalue weighted by Gasteiger charge is 2.12. The molecule has 0 saturated carbocycles. The number of nitrogens with zero attached hydrogens (tertiary/aromatic N) is 3. The maximum atomic E-state index is 5.92. The van der Waals surface area contributed by atoms with E-state index in [2.05, 4.69) is 19.9 Å². The van der Waals surface area contributed by atoms with E-state index < -0.39 is 0 Å². The van der Waals surface area contributed by atoms with Gasteiger partial charge in [-0.15, -0.1) is 0 Å². The molecule has 1 aromatic carbocycles. The fourth-order valence-corrected chi connectivity index (χ4v) is 2.01. The Morgan fingerprint density at radius 3 is 2.58 bits per heavy atom. The summed E-state index contributed by atoms with van der Waals surface area (Å²) < 4.78 is 0. The molecule has 1 N–H and O–H groups in total. The van der Waals surface area contributed by atoms with Crippen molar-refractivity contribution < 1.29 is 0 Å². The number of benzene rings is 1. The summed E-state index contributed by atoms with van der Waals surface area (Å²) in [6, 6.07) is 7.58. The highest BCUT2D eigenvalue weighted by Crippen LogP contribution is 2.28. The van der Waals surface area contributed by atoms with E-state index in [1.807, 2.05) is 31.2 Å². The third-order valence-corrected chi connectivity index (χ3v) is 3.03. The smallest absolute Gasteiger partial charge is 0.141 e. The summed E-state index contributed by atoms with van der Waals surface area (Å²) in [6.45, 7) is 1.87. The van der Waals surface area contributed by atoms with Crippen LogP contribution < -0.4 is 0 Å². The Morgan fingerprint density at radius 2 is 1.89 bits per heavy atom. The SMILES string of the molecule is Cc1ncc(-c2ncc[nH]2)c(-c2ccc(Cl)cc2)n1. The van der Waals surface area contributed by atoms with Crippen LogP contribution in [0.4, 0.5) is 0 Å². The number of aromatic nitrogens is 4. The highest BCUT2D eigenvalue weighted by molar-refractivity contribution is 6.30. The van der Waals surface area contributed by atoms with Crippen LogP contribution in [0.15, 0.2) is 42.9 Å². The Kier molecular flexibility index (Phi) is 3.01. The van der Waals surface area contributed by atoms with Crippen molar-refractivity contribution in [1.82, 2.24) is 19.9 Å². The molecule has 4 nitrogen and oxygen atoms in total. The predicted octanol–water partition coefficient (Wildman–Crippen LogP) is 3.50. The average molecular weight is 271 g/mol. The lowest BCUT2D eigenvalue weighted by Crippen LogP contribution is -1.96. The topological polar surface area (TPSA) is 54.5 Å². The summed E-state index contributed by atoms with van der Waals surface area (Å²) >= 11 is 5.92. The second-order valence-electron chi connectivity index (χ2n) is 4.12. The van der Waals surface area contributed by atoms with Crippen LogP contribution in [-0.2, 0) is 0 Å². The number of imidazole rings is 1. The molecule has 0 bridgehead atoms. The largest absolute Gasteiger partial charge is 0.345 e. The molecule has 2 aromatic heterocycles. The number of aromatic amines is 1. The zero-order valence-corrected chi connectivity index (χ0v) is 11.0. The zero-order valence-electron chi connectivity index (χ0n) is 10.3. The normalized spacial score (nSPS) is 10.6. The van der Waals surface area contributed by atoms with Gasteiger partial charge in [0.2, 0.25) is 0 Å². The van der Waals surface area contributed by atoms with E-state index in [-0.39, 0.29) is 0 Å². The molecule has 94 valence electrons. The molecule has 0 atom stereocenters. The highest BCUT2D eigenvalue weighted by atomic mass is 35.5. The predicted molar refractivity (Wildman–Crippen MR) is 74.8 cm³/mol. The van der Waals surface area contributed by atoms with Gasteiger partial charge in [0.05, 0.1) is 11.3 Å². The van der Waals surface area contributed by atoms with Crippen molar-refractivity contribution in [1.29, 1.82) is 0 Å². The summed E-state index contributed by atoms with van der Waals surface area (Å²) in [5.74, 6) is 1.48. The Hall–Kier alpha value is -2.20. The van der Waals surface area contributed by atoms with Crippen LogP contribution in [0.2, 0.25) is 5.02 Å². The van der Waals surface area contributed by atoms with Crippen LogP contribution in [0, 0.1) is 6.92 Å². The van der Waals surface area contributed by atoms with Gasteiger partial charge < -0.3 is 4.98 Å². The lowest BCUT2D eigenvalue weighted by Gasteiger charge is -2.07. The van der Waals surface area contributed by atoms with Crippen LogP contribution in [0.25, 0.3) is 22.6 Å². The van der Waals surface area contributed by atoms with Gasteiger partial charge in [0.1, 0.15) is 11.6 Å². The molecule has 0 amide bonds. The molecule has 0 spiro atoms. The van der Waals surface area contributed by atoms with E-state index in [4.69, 9.17) is 11.6 Å². The number of hydrogen-bond acceptors (Lipinski definition) is 3. The van der Waals surface area contributed by atoms with E-state index in [0.29, 0.717) is 5.02 Å². The number of halogens is 1. The Morgan fingerprint density at radius 1 is 1.11 bits per heavy atom. The molecule has 0 aliphatic rings. The second kappa shape index (κ2) is 4.82. The van der Waals surface area contributed by atoms with E-state index in [0.717, 1.165) is 28.5 Å². The minimum absolute atomic E-state index is 0.703. The van der Waals surface area contributed by atoms with Gasteiger partial charge in [-0.2, -0.15) is 0 Å². The fourth-order valence-electron chi connectivity index (χ4n) is 1.88. The van der Waals surface area contributed by atoms with Crippen LogP contribution in [0.5, 0.6) is 0 Å². The summed E-state index contributed by atoms with van der Waals surface area (Å²) in [4.78, 5) is 16.1. The van der Waals surface area contributed by atoms with Crippen molar-refractivity contribution in [3.63, 3.8) is 0 Å². The Balaban J connectivity index is 2.19. The van der Waals surface area contributed by atoms with Crippen molar-refractivity contribution >= 4 is 11.6 Å². The van der Waals surface area contributed by atoms with Crippen LogP contribution in [-0.4, -0.2) is 19.9 Å². The third kappa shape index (κ3) is 2.35. The van der Waals surface area contributed by atoms with E-state index in [1.54, 1.807) is 18.6 Å². The van der Waals surface area contributed by atoms with Gasteiger partial charge in [-0.25, -0.2) is 15.0 Å². The first-order valence-electron chi connectivity index (χ1n) is 5.83. The summed E-state index contributed by atoms with van der Waals surface area (Å²) in [6.07, 6.45) is 5.27. The molecule has 0 radical (unpaired) electrons. The first kappa shape index (κ1) is 11.9. The van der Waals surface area contributed by atoms with Crippen molar-refractivity contribution in [2.75, 3.05) is 0 Å². The van der Waals surface area contributed by atoms with E-state index >= 15 is 0 Å². The molecule has 5 heteroatoms. The molecule has 19 heavy (non-hydrogen) atoms. The summed E-state index contributed by atoms with van der Waals surface area (Å²) in [5, 5.41) is 0.703. The molecule has 2 heterocycles. The van der Waals surface area contributed by atoms with Gasteiger partial charge in [-0.1, -0.05) is 23.7 Å². The average Bonchev–Trinajstić information content (AvgIpc) is 2.93. The number of aryl methyl sites for hydroxylation is 1. The summed E-state index contributed by atoms with van der Waals surface area (Å²) in [7, 11) is 0. The van der Waals surface area contributed by atoms with Gasteiger partial charge in [-0.3, -0.25) is 0 Å². The first-order chi connectivity index (χ1) is 9.24. The van der Waals surface area contributed by atoms with Crippen molar-refractivity contribution in [2.24, 2.45) is 0 Å². The van der Waals surface area contributed by atoms with Crippen LogP contribution >= 0.6 is 11.6 Å². The van der Waals surface area contributed by atoms with Crippen molar-refractivity contribution in [3.8, 4) is 22.6 Å². The lowest BCUT2D eigenvalue weighted by molar-refractivity contribution is 1.05. The lowest BCUT2D eigenvalue weighted by atomic mass is 10.1. The maximum absolute atomic E-state index is 5.92. The number of H-pyrrole nitrogens is 1. The van der Waals surface area contributed by atoms with Gasteiger partial charge in [0.15, 0.2) is 0 Å². The van der Waals surface area contributed by atoms with Crippen molar-refractivity contribution in [2.45, 2.75) is 6.92 Å². The van der Waals surface area contributed by atoms with Gasteiger partial charge in [0.25, 0.3) is 0 Å². The van der Waals surface area contributed by atoms with Gasteiger partial charge in [-0.05, 0) is 19.1 Å². The standard InChI is InChI=1S/C14H11ClN4/c1-9-18-8-12(14-16-6-7-17-14)13(19-9)10-2-4-11(15)5-3-10/h2-8H,1H3,(H,16,17). The Bertz CT molecular complexity index is 690. The molecule has 0 unspecified atom stereocenters. The molecule has 0 saturated heterocycles. The van der Waals surface area contributed by atoms with E-state index in [1.165, 1.54) is 0 Å². The molecule has 3 aromatic rings. The number of nitrogens with one attached hydrogen (secondary N) is 1.